The second-order valence-corrected chi connectivity index (χ2v) is 24.9. The van der Waals surface area contributed by atoms with E-state index >= 15 is 0 Å². The van der Waals surface area contributed by atoms with E-state index in [1.54, 1.807) is 7.05 Å². The molecule has 2 saturated heterocycles. The molecule has 2 heterocycles. The van der Waals surface area contributed by atoms with Crippen molar-refractivity contribution in [2.45, 2.75) is 141 Å². The summed E-state index contributed by atoms with van der Waals surface area (Å²) in [5, 5.41) is 11.6. The molecular formula is C67H90N6O15. The predicted molar refractivity (Wildman–Crippen MR) is 325 cm³/mol. The number of nitrogens with one attached hydrogen (secondary N) is 4. The van der Waals surface area contributed by atoms with Gasteiger partial charge in [-0.2, -0.15) is 0 Å². The van der Waals surface area contributed by atoms with Gasteiger partial charge in [0.1, 0.15) is 12.6 Å². The van der Waals surface area contributed by atoms with Gasteiger partial charge >= 0.3 is 29.8 Å². The first-order valence-electron chi connectivity index (χ1n) is 32.0. The minimum Gasteiger partial charge on any atom is -0.458 e. The van der Waals surface area contributed by atoms with Crippen molar-refractivity contribution in [1.29, 1.82) is 0 Å². The number of rotatable bonds is 35. The van der Waals surface area contributed by atoms with Crippen LogP contribution in [0.1, 0.15) is 108 Å². The van der Waals surface area contributed by atoms with Gasteiger partial charge in [0.15, 0.2) is 24.4 Å². The molecule has 0 radical (unpaired) electrons. The third-order valence-electron chi connectivity index (χ3n) is 17.5. The van der Waals surface area contributed by atoms with Crippen molar-refractivity contribution in [2.75, 3.05) is 89.1 Å². The fourth-order valence-electron chi connectivity index (χ4n) is 11.2. The highest BCUT2D eigenvalue weighted by Gasteiger charge is 2.39. The summed E-state index contributed by atoms with van der Waals surface area (Å²) in [4.78, 5) is 115. The van der Waals surface area contributed by atoms with Gasteiger partial charge < -0.3 is 64.2 Å². The summed E-state index contributed by atoms with van der Waals surface area (Å²) in [6, 6.07) is 24.1. The van der Waals surface area contributed by atoms with Crippen molar-refractivity contribution in [1.82, 2.24) is 21.3 Å². The number of carbonyl (C=O) groups is 8. The van der Waals surface area contributed by atoms with Gasteiger partial charge in [-0.25, -0.2) is 4.79 Å². The first-order valence-corrected chi connectivity index (χ1v) is 32.0. The molecule has 3 aromatic rings. The molecule has 478 valence electrons. The number of amides is 3. The van der Waals surface area contributed by atoms with Crippen LogP contribution in [0.2, 0.25) is 0 Å². The normalized spacial score (nSPS) is 19.4. The molecule has 6 fully saturated rings. The Hall–Kier alpha value is -7.10. The molecule has 8 atom stereocenters. The van der Waals surface area contributed by atoms with Crippen LogP contribution in [0.15, 0.2) is 78.9 Å². The largest absolute Gasteiger partial charge is 0.458 e. The summed E-state index contributed by atoms with van der Waals surface area (Å²) in [5.74, 6) is -6.41. The van der Waals surface area contributed by atoms with Gasteiger partial charge in [-0.15, -0.1) is 0 Å². The van der Waals surface area contributed by atoms with Crippen molar-refractivity contribution in [2.24, 2.45) is 41.4 Å². The van der Waals surface area contributed by atoms with E-state index in [0.717, 1.165) is 106 Å². The average molecular weight is 1220 g/mol. The Morgan fingerprint density at radius 1 is 0.455 bits per heavy atom. The van der Waals surface area contributed by atoms with E-state index in [4.69, 9.17) is 33.2 Å². The van der Waals surface area contributed by atoms with Crippen molar-refractivity contribution < 1.29 is 71.5 Å². The number of carbonyl (C=O) groups excluding carboxylic acids is 8. The Bertz CT molecular complexity index is 2800. The van der Waals surface area contributed by atoms with E-state index < -0.39 is 95.8 Å². The maximum atomic E-state index is 14.4. The highest BCUT2D eigenvalue weighted by atomic mass is 16.6. The Kier molecular flexibility index (Phi) is 24.1. The Balaban J connectivity index is 0.812. The Labute approximate surface area is 516 Å². The Morgan fingerprint density at radius 3 is 1.26 bits per heavy atom. The average Bonchev–Trinajstić information content (AvgIpc) is 4.52. The first-order chi connectivity index (χ1) is 42.6. The van der Waals surface area contributed by atoms with Crippen LogP contribution in [0.5, 0.6) is 0 Å². The minimum absolute atomic E-state index is 0.00741. The van der Waals surface area contributed by atoms with Gasteiger partial charge in [-0.3, -0.25) is 33.6 Å². The number of nitrogens with zero attached hydrogens (tertiary/aromatic N) is 2. The molecule has 21 heteroatoms. The molecule has 3 amide bonds. The number of morpholine rings is 2. The molecule has 0 aromatic heterocycles. The maximum Gasteiger partial charge on any atom is 0.347 e. The first kappa shape index (κ1) is 65.3. The number of anilines is 2. The lowest BCUT2D eigenvalue weighted by molar-refractivity contribution is -0.170. The highest BCUT2D eigenvalue weighted by Crippen LogP contribution is 2.38. The zero-order chi connectivity index (χ0) is 61.9. The minimum atomic E-state index is -1.33. The lowest BCUT2D eigenvalue weighted by atomic mass is 10.0. The van der Waals surface area contributed by atoms with Gasteiger partial charge in [0.25, 0.3) is 17.7 Å². The van der Waals surface area contributed by atoms with E-state index in [2.05, 4.69) is 31.1 Å². The smallest absolute Gasteiger partial charge is 0.347 e. The fourth-order valence-corrected chi connectivity index (χ4v) is 11.2. The molecule has 2 aliphatic heterocycles. The van der Waals surface area contributed by atoms with Gasteiger partial charge in [-0.1, -0.05) is 106 Å². The van der Waals surface area contributed by atoms with Crippen LogP contribution in [-0.2, 0) is 91.0 Å². The number of likely N-dealkylation sites (N-methyl/N-ethyl adjacent to an activating group) is 1. The lowest BCUT2D eigenvalue weighted by Crippen LogP contribution is -2.46. The number of esters is 5. The number of hydrogen-bond donors (Lipinski definition) is 4. The van der Waals surface area contributed by atoms with Crippen LogP contribution < -0.4 is 31.1 Å². The molecule has 9 rings (SSSR count). The molecule has 4 aliphatic carbocycles. The second-order valence-electron chi connectivity index (χ2n) is 24.9. The summed E-state index contributed by atoms with van der Waals surface area (Å²) >= 11 is 0. The van der Waals surface area contributed by atoms with Gasteiger partial charge in [0.05, 0.1) is 44.2 Å². The SMILES string of the molecule is CNC(CC1CC1)C(=O)OC(Cc1ccc(N2CCOCC2)cc1)C(=O)NC[C@H](CC1CC1)C(=O)O[C@H](C)C(=O)NC[C@H](CC1CC1)C(=O)O[C@H](Cc1ccc(N2CCOCC2)cc1)C(=O)NC[C@H](CC1CC1)C(=O)O[C@H](C)C(=O)OCc1ccccc1. The van der Waals surface area contributed by atoms with Crippen LogP contribution in [0.3, 0.4) is 0 Å². The van der Waals surface area contributed by atoms with E-state index in [1.807, 2.05) is 78.9 Å². The van der Waals surface area contributed by atoms with Crippen LogP contribution in [0.4, 0.5) is 11.4 Å². The van der Waals surface area contributed by atoms with Crippen molar-refractivity contribution in [3.63, 3.8) is 0 Å². The number of benzene rings is 3. The highest BCUT2D eigenvalue weighted by molar-refractivity contribution is 5.88. The fraction of sp³-hybridized carbons (Fsp3) is 0.612. The third kappa shape index (κ3) is 21.0. The van der Waals surface area contributed by atoms with Crippen molar-refractivity contribution in [3.8, 4) is 0 Å². The van der Waals surface area contributed by atoms with E-state index in [1.165, 1.54) is 13.8 Å². The summed E-state index contributed by atoms with van der Waals surface area (Å²) in [6.07, 6.45) is 4.47. The van der Waals surface area contributed by atoms with E-state index in [-0.39, 0.29) is 56.8 Å². The van der Waals surface area contributed by atoms with Crippen LogP contribution in [0.25, 0.3) is 0 Å². The van der Waals surface area contributed by atoms with E-state index in [9.17, 15) is 38.4 Å². The van der Waals surface area contributed by atoms with Gasteiger partial charge in [-0.05, 0) is 111 Å². The zero-order valence-electron chi connectivity index (χ0n) is 51.3. The summed E-state index contributed by atoms with van der Waals surface area (Å²) in [7, 11) is 1.70. The molecule has 0 bridgehead atoms. The maximum absolute atomic E-state index is 14.4. The standard InChI is InChI=1S/C67H90N6O15/c1-43(85-64(78)52(33-45-9-10-45)40-71-62(76)59(88-67(81)57(68-3)36-48-15-16-48)38-50-19-23-56(24-20-50)73-27-31-83-32-28-73)60(74)69-39-54(35-47-13-14-47)66(80)87-58(37-49-17-21-55(22-18-49)72-25-29-82-30-26-72)61(75)70-41-53(34-46-11-12-46)65(79)86-44(2)63(77)84-42-51-7-5-4-6-8-51/h4-8,17-24,43-48,52-54,57-59,68H,9-16,25-42H2,1-3H3,(H,69,74)(H,70,75)(H,71,76)/t43-,44-,52+,53+,54+,57?,58-,59?/m1/s1. The van der Waals surface area contributed by atoms with Gasteiger partial charge in [0, 0.05) is 70.0 Å². The van der Waals surface area contributed by atoms with Crippen molar-refractivity contribution in [3.05, 3.63) is 95.6 Å². The van der Waals surface area contributed by atoms with Crippen LogP contribution >= 0.6 is 0 Å². The molecule has 4 N–H and O–H groups in total. The predicted octanol–water partition coefficient (Wildman–Crippen LogP) is 5.56. The summed E-state index contributed by atoms with van der Waals surface area (Å²) in [6.45, 7) is 8.00. The molecule has 2 unspecified atom stereocenters. The molecule has 21 nitrogen and oxygen atoms in total. The van der Waals surface area contributed by atoms with Gasteiger partial charge in [0.2, 0.25) is 0 Å². The molecule has 88 heavy (non-hydrogen) atoms. The number of hydrogen-bond acceptors (Lipinski definition) is 18. The quantitative estimate of drug-likeness (QED) is 0.0415. The molecular weight excluding hydrogens is 1130 g/mol. The molecule has 3 aromatic carbocycles. The monoisotopic (exact) mass is 1220 g/mol. The summed E-state index contributed by atoms with van der Waals surface area (Å²) in [5.41, 5.74) is 4.31. The molecule has 4 saturated carbocycles. The topological polar surface area (TPSA) is 256 Å². The molecule has 6 aliphatic rings. The lowest BCUT2D eigenvalue weighted by Gasteiger charge is -2.29. The molecule has 0 spiro atoms. The zero-order valence-corrected chi connectivity index (χ0v) is 51.3. The number of ether oxygens (including phenoxy) is 7. The second kappa shape index (κ2) is 32.4. The Morgan fingerprint density at radius 2 is 0.841 bits per heavy atom. The third-order valence-corrected chi connectivity index (χ3v) is 17.5. The summed E-state index contributed by atoms with van der Waals surface area (Å²) < 4.78 is 40.0. The van der Waals surface area contributed by atoms with Crippen LogP contribution in [0, 0.1) is 41.4 Å². The van der Waals surface area contributed by atoms with Crippen molar-refractivity contribution >= 4 is 58.9 Å². The van der Waals surface area contributed by atoms with Crippen LogP contribution in [-0.4, -0.2) is 157 Å². The van der Waals surface area contributed by atoms with E-state index in [0.29, 0.717) is 58.0 Å².